The lowest BCUT2D eigenvalue weighted by Gasteiger charge is -2.30. The number of carbonyl (C=O) groups excluding carboxylic acids is 1. The highest BCUT2D eigenvalue weighted by atomic mass is 35.5. The first-order valence-corrected chi connectivity index (χ1v) is 11.4. The van der Waals surface area contributed by atoms with Gasteiger partial charge in [-0.3, -0.25) is 15.2 Å². The Morgan fingerprint density at radius 2 is 1.88 bits per heavy atom. The maximum Gasteiger partial charge on any atom is 0.407 e. The van der Waals surface area contributed by atoms with Gasteiger partial charge in [0.05, 0.1) is 12.2 Å². The average Bonchev–Trinajstić information content (AvgIpc) is 3.36. The van der Waals surface area contributed by atoms with Crippen LogP contribution in [0.5, 0.6) is 0 Å². The highest BCUT2D eigenvalue weighted by molar-refractivity contribution is 6.32. The van der Waals surface area contributed by atoms with E-state index in [2.05, 4.69) is 15.4 Å². The van der Waals surface area contributed by atoms with Crippen LogP contribution in [-0.4, -0.2) is 70.1 Å². The molecule has 10 nitrogen and oxygen atoms in total. The van der Waals surface area contributed by atoms with Crippen LogP contribution in [0.15, 0.2) is 30.5 Å². The maximum absolute atomic E-state index is 13.0. The second-order valence-corrected chi connectivity index (χ2v) is 8.77. The van der Waals surface area contributed by atoms with E-state index in [1.165, 1.54) is 18.1 Å². The predicted molar refractivity (Wildman–Crippen MR) is 127 cm³/mol. The van der Waals surface area contributed by atoms with Crippen LogP contribution in [0.25, 0.3) is 0 Å². The number of hydrogen-bond acceptors (Lipinski definition) is 7. The first-order chi connectivity index (χ1) is 16.3. The molecular weight excluding hydrogens is 458 g/mol. The number of carboxylic acid groups (broad SMARTS) is 1. The van der Waals surface area contributed by atoms with Gasteiger partial charge >= 0.3 is 6.09 Å². The molecule has 2 aromatic rings. The van der Waals surface area contributed by atoms with E-state index in [1.54, 1.807) is 17.1 Å². The number of nitriles is 1. The van der Waals surface area contributed by atoms with E-state index in [9.17, 15) is 14.9 Å². The summed E-state index contributed by atoms with van der Waals surface area (Å²) in [5.41, 5.74) is 4.41. The van der Waals surface area contributed by atoms with E-state index in [1.807, 2.05) is 30.1 Å². The Balaban J connectivity index is 1.68. The summed E-state index contributed by atoms with van der Waals surface area (Å²) in [6.07, 6.45) is 4.25. The van der Waals surface area contributed by atoms with Gasteiger partial charge in [0.15, 0.2) is 5.82 Å². The Hall–Kier alpha value is -3.42. The van der Waals surface area contributed by atoms with Gasteiger partial charge < -0.3 is 14.9 Å². The lowest BCUT2D eigenvalue weighted by Crippen LogP contribution is -2.48. The fourth-order valence-corrected chi connectivity index (χ4v) is 3.99. The van der Waals surface area contributed by atoms with Crippen molar-refractivity contribution in [2.24, 2.45) is 0 Å². The van der Waals surface area contributed by atoms with E-state index < -0.39 is 6.09 Å². The molecule has 3 rings (SSSR count). The third-order valence-corrected chi connectivity index (χ3v) is 6.04. The summed E-state index contributed by atoms with van der Waals surface area (Å²) in [6.45, 7) is 1.62. The van der Waals surface area contributed by atoms with Crippen LogP contribution >= 0.6 is 11.6 Å². The monoisotopic (exact) mass is 485 g/mol. The number of rotatable bonds is 9. The maximum atomic E-state index is 13.0. The average molecular weight is 486 g/mol. The smallest absolute Gasteiger partial charge is 0.407 e. The van der Waals surface area contributed by atoms with Crippen molar-refractivity contribution in [3.8, 4) is 6.07 Å². The van der Waals surface area contributed by atoms with Crippen molar-refractivity contribution in [2.45, 2.75) is 38.3 Å². The highest BCUT2D eigenvalue weighted by Gasteiger charge is 2.28. The third kappa shape index (κ3) is 6.56. The van der Waals surface area contributed by atoms with Crippen molar-refractivity contribution in [3.05, 3.63) is 52.4 Å². The van der Waals surface area contributed by atoms with Crippen molar-refractivity contribution in [3.63, 3.8) is 0 Å². The number of hydrazine groups is 1. The third-order valence-electron chi connectivity index (χ3n) is 5.78. The normalized spacial score (nSPS) is 13.5. The van der Waals surface area contributed by atoms with Crippen LogP contribution in [0.2, 0.25) is 5.02 Å². The van der Waals surface area contributed by atoms with Gasteiger partial charge in [0.25, 0.3) is 5.91 Å². The second kappa shape index (κ2) is 11.6. The Kier molecular flexibility index (Phi) is 8.62. The topological polar surface area (TPSA) is 126 Å². The summed E-state index contributed by atoms with van der Waals surface area (Å²) < 4.78 is 0. The summed E-state index contributed by atoms with van der Waals surface area (Å²) in [7, 11) is 3.45. The second-order valence-electron chi connectivity index (χ2n) is 8.37. The highest BCUT2D eigenvalue weighted by Crippen LogP contribution is 2.30. The van der Waals surface area contributed by atoms with Crippen molar-refractivity contribution in [1.29, 1.82) is 5.26 Å². The molecule has 0 unspecified atom stereocenters. The van der Waals surface area contributed by atoms with Gasteiger partial charge in [0.1, 0.15) is 11.1 Å². The molecule has 2 N–H and O–H groups in total. The van der Waals surface area contributed by atoms with E-state index in [0.717, 1.165) is 31.2 Å². The van der Waals surface area contributed by atoms with E-state index in [0.29, 0.717) is 31.0 Å². The number of benzene rings is 1. The molecule has 1 aliphatic rings. The zero-order valence-electron chi connectivity index (χ0n) is 19.2. The summed E-state index contributed by atoms with van der Waals surface area (Å²) in [5, 5.41) is 20.1. The largest absolute Gasteiger partial charge is 0.465 e. The van der Waals surface area contributed by atoms with Gasteiger partial charge in [0, 0.05) is 32.2 Å². The van der Waals surface area contributed by atoms with Crippen LogP contribution < -0.4 is 10.4 Å². The molecule has 1 aliphatic carbocycles. The molecule has 0 spiro atoms. The predicted octanol–water partition coefficient (Wildman–Crippen LogP) is 3.14. The van der Waals surface area contributed by atoms with E-state index in [-0.39, 0.29) is 22.8 Å². The molecule has 0 saturated heterocycles. The number of likely N-dealkylation sites (N-methyl/N-ethyl adjacent to an activating group) is 2. The molecule has 1 aromatic carbocycles. The molecule has 1 fully saturated rings. The van der Waals surface area contributed by atoms with Crippen LogP contribution in [-0.2, 0) is 6.54 Å². The Labute approximate surface area is 203 Å². The van der Waals surface area contributed by atoms with E-state index in [4.69, 9.17) is 16.7 Å². The van der Waals surface area contributed by atoms with Crippen molar-refractivity contribution >= 4 is 29.4 Å². The number of hydrogen-bond donors (Lipinski definition) is 2. The number of carbonyl (C=O) groups is 2. The molecule has 0 aliphatic heterocycles. The first kappa shape index (κ1) is 25.2. The minimum absolute atomic E-state index is 0.0142. The molecule has 0 atom stereocenters. The number of nitrogens with one attached hydrogen (secondary N) is 1. The van der Waals surface area contributed by atoms with Crippen LogP contribution in [0.3, 0.4) is 0 Å². The Morgan fingerprint density at radius 1 is 1.21 bits per heavy atom. The fourth-order valence-electron chi connectivity index (χ4n) is 3.80. The molecule has 1 heterocycles. The zero-order valence-corrected chi connectivity index (χ0v) is 20.0. The van der Waals surface area contributed by atoms with Gasteiger partial charge in [-0.1, -0.05) is 36.6 Å². The summed E-state index contributed by atoms with van der Waals surface area (Å²) in [5.74, 6) is 0.000724. The minimum atomic E-state index is -0.956. The van der Waals surface area contributed by atoms with E-state index >= 15 is 0 Å². The molecule has 2 amide bonds. The number of anilines is 1. The number of aromatic nitrogens is 2. The van der Waals surface area contributed by atoms with Crippen molar-refractivity contribution in [2.75, 3.05) is 32.2 Å². The quantitative estimate of drug-likeness (QED) is 0.519. The Morgan fingerprint density at radius 3 is 2.50 bits per heavy atom. The number of amides is 2. The van der Waals surface area contributed by atoms with Gasteiger partial charge in [-0.05, 0) is 37.6 Å². The fraction of sp³-hybridized carbons (Fsp3) is 0.435. The van der Waals surface area contributed by atoms with Gasteiger partial charge in [-0.25, -0.2) is 9.78 Å². The standard InChI is InChI=1S/C23H28ClN7O3/c1-29(11-12-30(2)23(33)34)15-16-7-9-17(10-8-16)22(32)28-31(18-5-3-4-6-18)21-19(24)14-26-20(13-25)27-21/h7-10,14,18H,3-6,11-12,15H2,1-2H3,(H,28,32)(H,33,34). The van der Waals surface area contributed by atoms with Crippen molar-refractivity contribution in [1.82, 2.24) is 25.2 Å². The molecule has 11 heteroatoms. The van der Waals surface area contributed by atoms with Crippen LogP contribution in [0, 0.1) is 11.3 Å². The molecule has 34 heavy (non-hydrogen) atoms. The first-order valence-electron chi connectivity index (χ1n) is 11.0. The van der Waals surface area contributed by atoms with Crippen LogP contribution in [0.1, 0.15) is 47.4 Å². The van der Waals surface area contributed by atoms with Gasteiger partial charge in [0.2, 0.25) is 5.82 Å². The van der Waals surface area contributed by atoms with Gasteiger partial charge in [-0.15, -0.1) is 0 Å². The van der Waals surface area contributed by atoms with Crippen LogP contribution in [0.4, 0.5) is 10.6 Å². The number of halogens is 1. The molecule has 0 bridgehead atoms. The summed E-state index contributed by atoms with van der Waals surface area (Å²) in [4.78, 5) is 35.3. The molecular formula is C23H28ClN7O3. The molecule has 0 radical (unpaired) electrons. The van der Waals surface area contributed by atoms with Crippen molar-refractivity contribution < 1.29 is 14.7 Å². The minimum Gasteiger partial charge on any atom is -0.465 e. The summed E-state index contributed by atoms with van der Waals surface area (Å²) in [6, 6.07) is 9.18. The Bertz CT molecular complexity index is 1050. The lowest BCUT2D eigenvalue weighted by atomic mass is 10.1. The number of nitrogens with zero attached hydrogens (tertiary/aromatic N) is 6. The molecule has 1 aromatic heterocycles. The molecule has 1 saturated carbocycles. The SMILES string of the molecule is CN(CCN(C)C(=O)O)Cc1ccc(C(=O)NN(c2nc(C#N)ncc2Cl)C2CCCC2)cc1. The van der Waals surface area contributed by atoms with Gasteiger partial charge in [-0.2, -0.15) is 10.2 Å². The molecule has 180 valence electrons. The summed E-state index contributed by atoms with van der Waals surface area (Å²) >= 11 is 6.32. The zero-order chi connectivity index (χ0) is 24.7. The lowest BCUT2D eigenvalue weighted by molar-refractivity contribution is 0.0943.